The molecule has 0 bridgehead atoms. The third-order valence-corrected chi connectivity index (χ3v) is 3.81. The quantitative estimate of drug-likeness (QED) is 0.731. The molecule has 7 nitrogen and oxygen atoms in total. The molecule has 0 aliphatic carbocycles. The van der Waals surface area contributed by atoms with Crippen molar-refractivity contribution in [3.63, 3.8) is 0 Å². The maximum atomic E-state index is 9.98. The van der Waals surface area contributed by atoms with Crippen molar-refractivity contribution in [3.8, 4) is 0 Å². The number of likely N-dealkylation sites (N-methyl/N-ethyl adjacent to an activating group) is 1. The number of fused-ring (bicyclic) bond motifs is 1. The van der Waals surface area contributed by atoms with E-state index >= 15 is 0 Å². The zero-order valence-corrected chi connectivity index (χ0v) is 12.5. The van der Waals surface area contributed by atoms with Crippen LogP contribution in [-0.2, 0) is 0 Å². The van der Waals surface area contributed by atoms with Crippen molar-refractivity contribution in [1.82, 2.24) is 19.9 Å². The lowest BCUT2D eigenvalue weighted by Gasteiger charge is -2.16. The van der Waals surface area contributed by atoms with Gasteiger partial charge in [0, 0.05) is 18.8 Å². The molecule has 1 aliphatic heterocycles. The highest BCUT2D eigenvalue weighted by Crippen LogP contribution is 2.23. The summed E-state index contributed by atoms with van der Waals surface area (Å²) in [6, 6.07) is 1.86. The summed E-state index contributed by atoms with van der Waals surface area (Å²) < 4.78 is 0. The number of anilines is 2. The molecule has 0 saturated carbocycles. The predicted molar refractivity (Wildman–Crippen MR) is 82.1 cm³/mol. The smallest absolute Gasteiger partial charge is 0.227 e. The number of aliphatic hydroxyl groups excluding tert-OH is 1. The second-order valence-corrected chi connectivity index (χ2v) is 5.75. The van der Waals surface area contributed by atoms with Crippen molar-refractivity contribution in [2.45, 2.75) is 26.0 Å². The lowest BCUT2D eigenvalue weighted by molar-refractivity contribution is 0.174. The van der Waals surface area contributed by atoms with Gasteiger partial charge in [-0.25, -0.2) is 4.98 Å². The molecule has 112 valence electrons. The Morgan fingerprint density at radius 2 is 2.05 bits per heavy atom. The molecule has 0 aromatic carbocycles. The average Bonchev–Trinajstić information content (AvgIpc) is 2.66. The van der Waals surface area contributed by atoms with Gasteiger partial charge in [-0.3, -0.25) is 0 Å². The molecule has 1 saturated heterocycles. The molecule has 2 atom stereocenters. The number of nitrogen functional groups attached to an aromatic ring is 1. The second-order valence-electron chi connectivity index (χ2n) is 5.75. The standard InChI is InChI=1S/C14H20N6O/c1-7-4-8(2)16-13-11(7)12(15)18-14(19-13)17-9-5-20(3)6-10(9)21/h4,9-10,21H,5-6H2,1-3H3,(H3,15,16,17,18,19). The number of nitrogens with two attached hydrogens (primary N) is 1. The molecule has 3 heterocycles. The van der Waals surface area contributed by atoms with Gasteiger partial charge in [0.2, 0.25) is 5.95 Å². The largest absolute Gasteiger partial charge is 0.390 e. The Kier molecular flexibility index (Phi) is 3.38. The van der Waals surface area contributed by atoms with Gasteiger partial charge in [0.25, 0.3) is 0 Å². The lowest BCUT2D eigenvalue weighted by atomic mass is 10.1. The first kappa shape index (κ1) is 14.0. The Morgan fingerprint density at radius 3 is 2.71 bits per heavy atom. The van der Waals surface area contributed by atoms with Gasteiger partial charge in [0.15, 0.2) is 5.65 Å². The molecule has 21 heavy (non-hydrogen) atoms. The predicted octanol–water partition coefficient (Wildman–Crippen LogP) is 0.311. The van der Waals surface area contributed by atoms with Gasteiger partial charge < -0.3 is 21.1 Å². The summed E-state index contributed by atoms with van der Waals surface area (Å²) in [4.78, 5) is 15.2. The summed E-state index contributed by atoms with van der Waals surface area (Å²) in [5.74, 6) is 0.824. The van der Waals surface area contributed by atoms with Crippen LogP contribution in [0.1, 0.15) is 11.3 Å². The number of nitrogens with zero attached hydrogens (tertiary/aromatic N) is 4. The summed E-state index contributed by atoms with van der Waals surface area (Å²) in [5, 5.41) is 13.9. The summed E-state index contributed by atoms with van der Waals surface area (Å²) >= 11 is 0. The third kappa shape index (κ3) is 2.62. The maximum Gasteiger partial charge on any atom is 0.227 e. The van der Waals surface area contributed by atoms with E-state index in [9.17, 15) is 5.11 Å². The van der Waals surface area contributed by atoms with E-state index in [4.69, 9.17) is 5.73 Å². The minimum Gasteiger partial charge on any atom is -0.390 e. The van der Waals surface area contributed by atoms with Gasteiger partial charge in [0.1, 0.15) is 5.82 Å². The van der Waals surface area contributed by atoms with Gasteiger partial charge >= 0.3 is 0 Å². The van der Waals surface area contributed by atoms with Crippen LogP contribution in [0.2, 0.25) is 0 Å². The van der Waals surface area contributed by atoms with Crippen LogP contribution in [0.25, 0.3) is 11.0 Å². The Bertz CT molecular complexity index is 689. The summed E-state index contributed by atoms with van der Waals surface area (Å²) in [6.45, 7) is 5.27. The Balaban J connectivity index is 1.97. The topological polar surface area (TPSA) is 100 Å². The van der Waals surface area contributed by atoms with Crippen LogP contribution >= 0.6 is 0 Å². The first-order chi connectivity index (χ1) is 9.94. The molecule has 7 heteroatoms. The van der Waals surface area contributed by atoms with E-state index < -0.39 is 6.10 Å². The number of nitrogens with one attached hydrogen (secondary N) is 1. The van der Waals surface area contributed by atoms with Crippen LogP contribution in [-0.4, -0.2) is 57.2 Å². The van der Waals surface area contributed by atoms with Crippen molar-refractivity contribution >= 4 is 22.8 Å². The van der Waals surface area contributed by atoms with E-state index in [-0.39, 0.29) is 6.04 Å². The van der Waals surface area contributed by atoms with Gasteiger partial charge in [0.05, 0.1) is 17.5 Å². The van der Waals surface area contributed by atoms with Crippen molar-refractivity contribution in [2.75, 3.05) is 31.2 Å². The second kappa shape index (κ2) is 5.09. The first-order valence-corrected chi connectivity index (χ1v) is 6.98. The average molecular weight is 288 g/mol. The molecule has 2 aromatic heterocycles. The van der Waals surface area contributed by atoms with Crippen molar-refractivity contribution in [2.24, 2.45) is 0 Å². The zero-order chi connectivity index (χ0) is 15.1. The minimum atomic E-state index is -0.442. The van der Waals surface area contributed by atoms with Crippen molar-refractivity contribution in [1.29, 1.82) is 0 Å². The van der Waals surface area contributed by atoms with E-state index in [0.717, 1.165) is 23.2 Å². The summed E-state index contributed by atoms with van der Waals surface area (Å²) in [5.41, 5.74) is 8.54. The molecular formula is C14H20N6O. The fourth-order valence-electron chi connectivity index (χ4n) is 2.86. The SMILES string of the molecule is Cc1cc(C)c2c(N)nc(NC3CN(C)CC3O)nc2n1. The molecular weight excluding hydrogens is 268 g/mol. The van der Waals surface area contributed by atoms with Crippen LogP contribution in [0.4, 0.5) is 11.8 Å². The number of aliphatic hydroxyl groups is 1. The number of aromatic nitrogens is 3. The number of aryl methyl sites for hydroxylation is 2. The van der Waals surface area contributed by atoms with Gasteiger partial charge in [-0.05, 0) is 32.5 Å². The van der Waals surface area contributed by atoms with E-state index in [1.807, 2.05) is 27.0 Å². The van der Waals surface area contributed by atoms with Crippen LogP contribution in [0, 0.1) is 13.8 Å². The molecule has 0 amide bonds. The summed E-state index contributed by atoms with van der Waals surface area (Å²) in [7, 11) is 1.97. The Labute approximate surface area is 123 Å². The maximum absolute atomic E-state index is 9.98. The first-order valence-electron chi connectivity index (χ1n) is 6.98. The van der Waals surface area contributed by atoms with E-state index in [2.05, 4.69) is 25.2 Å². The van der Waals surface area contributed by atoms with Crippen LogP contribution in [0.3, 0.4) is 0 Å². The third-order valence-electron chi connectivity index (χ3n) is 3.81. The number of hydrogen-bond acceptors (Lipinski definition) is 7. The monoisotopic (exact) mass is 288 g/mol. The van der Waals surface area contributed by atoms with Crippen LogP contribution in [0.5, 0.6) is 0 Å². The highest BCUT2D eigenvalue weighted by atomic mass is 16.3. The normalized spacial score (nSPS) is 22.9. The molecule has 0 radical (unpaired) electrons. The van der Waals surface area contributed by atoms with Gasteiger partial charge in [-0.15, -0.1) is 0 Å². The van der Waals surface area contributed by atoms with Crippen LogP contribution < -0.4 is 11.1 Å². The van der Waals surface area contributed by atoms with Gasteiger partial charge in [-0.2, -0.15) is 9.97 Å². The summed E-state index contributed by atoms with van der Waals surface area (Å²) in [6.07, 6.45) is -0.442. The molecule has 1 fully saturated rings. The van der Waals surface area contributed by atoms with Crippen molar-refractivity contribution in [3.05, 3.63) is 17.3 Å². The van der Waals surface area contributed by atoms with E-state index in [0.29, 0.717) is 24.0 Å². The number of pyridine rings is 1. The van der Waals surface area contributed by atoms with Crippen LogP contribution in [0.15, 0.2) is 6.07 Å². The van der Waals surface area contributed by atoms with E-state index in [1.165, 1.54) is 0 Å². The molecule has 1 aliphatic rings. The highest BCUT2D eigenvalue weighted by molar-refractivity contribution is 5.89. The number of β-amino-alcohol motifs (C(OH)–C–C–N with tert-alkyl or cyclic N) is 1. The fourth-order valence-corrected chi connectivity index (χ4v) is 2.86. The fraction of sp³-hybridized carbons (Fsp3) is 0.500. The lowest BCUT2D eigenvalue weighted by Crippen LogP contribution is -2.32. The Hall–Kier alpha value is -1.99. The molecule has 0 spiro atoms. The number of hydrogen-bond donors (Lipinski definition) is 3. The molecule has 3 rings (SSSR count). The Morgan fingerprint density at radius 1 is 1.29 bits per heavy atom. The highest BCUT2D eigenvalue weighted by Gasteiger charge is 2.29. The number of likely N-dealkylation sites (tertiary alicyclic amines) is 1. The zero-order valence-electron chi connectivity index (χ0n) is 12.5. The number of rotatable bonds is 2. The molecule has 2 aromatic rings. The van der Waals surface area contributed by atoms with Crippen molar-refractivity contribution < 1.29 is 5.11 Å². The van der Waals surface area contributed by atoms with Gasteiger partial charge in [-0.1, -0.05) is 0 Å². The van der Waals surface area contributed by atoms with E-state index in [1.54, 1.807) is 0 Å². The molecule has 4 N–H and O–H groups in total. The molecule has 2 unspecified atom stereocenters. The minimum absolute atomic E-state index is 0.0993.